The number of hydrogen-bond acceptors (Lipinski definition) is 2. The van der Waals surface area contributed by atoms with Gasteiger partial charge < -0.3 is 10.6 Å². The molecule has 1 aromatic rings. The Balaban J connectivity index is 1.21. The van der Waals surface area contributed by atoms with Crippen LogP contribution in [0, 0.1) is 23.2 Å². The molecule has 4 aliphatic rings. The third-order valence-electron chi connectivity index (χ3n) is 6.44. The quantitative estimate of drug-likeness (QED) is 0.775. The predicted octanol–water partition coefficient (Wildman–Crippen LogP) is 3.74. The van der Waals surface area contributed by atoms with Crippen molar-refractivity contribution in [1.29, 1.82) is 0 Å². The molecule has 0 atom stereocenters. The van der Waals surface area contributed by atoms with E-state index >= 15 is 0 Å². The Morgan fingerprint density at radius 3 is 2.16 bits per heavy atom. The van der Waals surface area contributed by atoms with Gasteiger partial charge in [-0.05, 0) is 74.8 Å². The van der Waals surface area contributed by atoms with Gasteiger partial charge in [0, 0.05) is 24.1 Å². The monoisotopic (exact) mass is 340 g/mol. The number of para-hydroxylation sites is 1. The third-order valence-corrected chi connectivity index (χ3v) is 6.44. The maximum absolute atomic E-state index is 12.8. The molecular formula is C21H28N2O2. The number of carbonyl (C=O) groups is 2. The molecular weight excluding hydrogens is 312 g/mol. The second-order valence-corrected chi connectivity index (χ2v) is 8.47. The minimum absolute atomic E-state index is 0.00949. The van der Waals surface area contributed by atoms with Crippen LogP contribution in [0.15, 0.2) is 30.3 Å². The first-order valence-electron chi connectivity index (χ1n) is 9.76. The maximum Gasteiger partial charge on any atom is 0.226 e. The van der Waals surface area contributed by atoms with Gasteiger partial charge in [0.1, 0.15) is 0 Å². The average Bonchev–Trinajstić information content (AvgIpc) is 2.58. The largest absolute Gasteiger partial charge is 0.356 e. The number of nitrogens with one attached hydrogen (secondary N) is 2. The molecule has 4 fully saturated rings. The highest BCUT2D eigenvalue weighted by atomic mass is 16.2. The number of anilines is 1. The van der Waals surface area contributed by atoms with Crippen molar-refractivity contribution in [2.75, 3.05) is 11.9 Å². The van der Waals surface area contributed by atoms with Crippen molar-refractivity contribution >= 4 is 17.5 Å². The van der Waals surface area contributed by atoms with Gasteiger partial charge in [-0.2, -0.15) is 0 Å². The number of hydrogen-bond donors (Lipinski definition) is 2. The van der Waals surface area contributed by atoms with Gasteiger partial charge in [0.25, 0.3) is 0 Å². The zero-order chi connectivity index (χ0) is 17.3. The molecule has 0 aliphatic heterocycles. The van der Waals surface area contributed by atoms with E-state index in [-0.39, 0.29) is 17.2 Å². The van der Waals surface area contributed by atoms with Gasteiger partial charge in [0.05, 0.1) is 0 Å². The molecule has 4 heteroatoms. The second kappa shape index (κ2) is 6.81. The Kier molecular flexibility index (Phi) is 4.53. The van der Waals surface area contributed by atoms with E-state index in [1.165, 1.54) is 19.3 Å². The smallest absolute Gasteiger partial charge is 0.226 e. The Morgan fingerprint density at radius 1 is 0.960 bits per heavy atom. The van der Waals surface area contributed by atoms with Gasteiger partial charge >= 0.3 is 0 Å². The molecule has 0 spiro atoms. The van der Waals surface area contributed by atoms with Crippen LogP contribution in [-0.2, 0) is 9.59 Å². The summed E-state index contributed by atoms with van der Waals surface area (Å²) in [5.41, 5.74) is 0.742. The van der Waals surface area contributed by atoms with Crippen molar-refractivity contribution in [2.24, 2.45) is 23.2 Å². The molecule has 2 amide bonds. The van der Waals surface area contributed by atoms with E-state index in [0.717, 1.165) is 42.7 Å². The highest BCUT2D eigenvalue weighted by Gasteiger charge is 2.54. The van der Waals surface area contributed by atoms with Crippen molar-refractivity contribution in [3.05, 3.63) is 30.3 Å². The molecule has 25 heavy (non-hydrogen) atoms. The van der Waals surface area contributed by atoms with Crippen LogP contribution in [0.5, 0.6) is 0 Å². The number of carbonyl (C=O) groups excluding carboxylic acids is 2. The van der Waals surface area contributed by atoms with E-state index in [4.69, 9.17) is 0 Å². The predicted molar refractivity (Wildman–Crippen MR) is 97.9 cm³/mol. The number of rotatable bonds is 6. The van der Waals surface area contributed by atoms with Gasteiger partial charge in [-0.15, -0.1) is 0 Å². The fraction of sp³-hybridized carbons (Fsp3) is 0.619. The first-order chi connectivity index (χ1) is 12.1. The second-order valence-electron chi connectivity index (χ2n) is 8.47. The van der Waals surface area contributed by atoms with E-state index in [1.54, 1.807) is 0 Å². The van der Waals surface area contributed by atoms with Crippen molar-refractivity contribution in [2.45, 2.75) is 51.4 Å². The third kappa shape index (κ3) is 3.58. The van der Waals surface area contributed by atoms with Crippen LogP contribution in [0.1, 0.15) is 51.4 Å². The van der Waals surface area contributed by atoms with Crippen molar-refractivity contribution in [3.8, 4) is 0 Å². The van der Waals surface area contributed by atoms with Gasteiger partial charge in [0.2, 0.25) is 11.8 Å². The average molecular weight is 340 g/mol. The highest BCUT2D eigenvalue weighted by Crippen LogP contribution is 2.60. The van der Waals surface area contributed by atoms with Gasteiger partial charge in [-0.1, -0.05) is 18.2 Å². The topological polar surface area (TPSA) is 58.2 Å². The van der Waals surface area contributed by atoms with Gasteiger partial charge in [-0.25, -0.2) is 0 Å². The van der Waals surface area contributed by atoms with E-state index in [1.807, 2.05) is 30.3 Å². The van der Waals surface area contributed by atoms with Gasteiger partial charge in [0.15, 0.2) is 0 Å². The Morgan fingerprint density at radius 2 is 1.56 bits per heavy atom. The molecule has 4 nitrogen and oxygen atoms in total. The Hall–Kier alpha value is -1.84. The van der Waals surface area contributed by atoms with Crippen LogP contribution in [0.25, 0.3) is 0 Å². The van der Waals surface area contributed by atoms with Crippen LogP contribution >= 0.6 is 0 Å². The SMILES string of the molecule is O=C(CCCNC(=O)C12CC3CC(CC(C3)C1)C2)Nc1ccccc1. The molecule has 1 aromatic carbocycles. The summed E-state index contributed by atoms with van der Waals surface area (Å²) in [4.78, 5) is 24.8. The van der Waals surface area contributed by atoms with Crippen LogP contribution in [-0.4, -0.2) is 18.4 Å². The highest BCUT2D eigenvalue weighted by molar-refractivity contribution is 5.90. The van der Waals surface area contributed by atoms with Crippen LogP contribution in [0.4, 0.5) is 5.69 Å². The maximum atomic E-state index is 12.8. The molecule has 0 heterocycles. The number of amides is 2. The van der Waals surface area contributed by atoms with Crippen LogP contribution in [0.3, 0.4) is 0 Å². The first-order valence-corrected chi connectivity index (χ1v) is 9.76. The Labute approximate surface area is 149 Å². The lowest BCUT2D eigenvalue weighted by atomic mass is 9.49. The lowest BCUT2D eigenvalue weighted by Gasteiger charge is -2.55. The molecule has 0 saturated heterocycles. The van der Waals surface area contributed by atoms with Crippen molar-refractivity contribution in [3.63, 3.8) is 0 Å². The fourth-order valence-electron chi connectivity index (χ4n) is 5.77. The molecule has 4 bridgehead atoms. The summed E-state index contributed by atoms with van der Waals surface area (Å²) in [7, 11) is 0. The van der Waals surface area contributed by atoms with Crippen LogP contribution in [0.2, 0.25) is 0 Å². The van der Waals surface area contributed by atoms with E-state index in [0.29, 0.717) is 19.4 Å². The standard InChI is InChI=1S/C21H28N2O2/c24-19(23-18-5-2-1-3-6-18)7-4-8-22-20(25)21-12-15-9-16(13-21)11-17(10-15)14-21/h1-3,5-6,15-17H,4,7-14H2,(H,22,25)(H,23,24). The molecule has 0 unspecified atom stereocenters. The molecule has 0 radical (unpaired) electrons. The normalized spacial score (nSPS) is 32.4. The summed E-state index contributed by atoms with van der Waals surface area (Å²) in [6.45, 7) is 0.600. The van der Waals surface area contributed by atoms with Crippen LogP contribution < -0.4 is 10.6 Å². The zero-order valence-electron chi connectivity index (χ0n) is 14.8. The molecule has 2 N–H and O–H groups in total. The Bertz CT molecular complexity index is 605. The van der Waals surface area contributed by atoms with E-state index in [9.17, 15) is 9.59 Å². The lowest BCUT2D eigenvalue weighted by molar-refractivity contribution is -0.146. The summed E-state index contributed by atoms with van der Waals surface area (Å²) in [6, 6.07) is 9.50. The summed E-state index contributed by atoms with van der Waals surface area (Å²) >= 11 is 0. The minimum Gasteiger partial charge on any atom is -0.356 e. The van der Waals surface area contributed by atoms with Gasteiger partial charge in [-0.3, -0.25) is 9.59 Å². The van der Waals surface area contributed by atoms with E-state index < -0.39 is 0 Å². The van der Waals surface area contributed by atoms with E-state index in [2.05, 4.69) is 10.6 Å². The number of benzene rings is 1. The molecule has 5 rings (SSSR count). The van der Waals surface area contributed by atoms with Crippen molar-refractivity contribution in [1.82, 2.24) is 5.32 Å². The molecule has 4 saturated carbocycles. The first kappa shape index (κ1) is 16.6. The summed E-state index contributed by atoms with van der Waals surface area (Å²) < 4.78 is 0. The minimum atomic E-state index is -0.0823. The summed E-state index contributed by atoms with van der Waals surface area (Å²) in [5.74, 6) is 2.63. The van der Waals surface area contributed by atoms with Crippen molar-refractivity contribution < 1.29 is 9.59 Å². The molecule has 134 valence electrons. The lowest BCUT2D eigenvalue weighted by Crippen LogP contribution is -2.53. The summed E-state index contributed by atoms with van der Waals surface area (Å²) in [6.07, 6.45) is 8.48. The summed E-state index contributed by atoms with van der Waals surface area (Å²) in [5, 5.41) is 6.03. The molecule has 4 aliphatic carbocycles. The molecule has 0 aromatic heterocycles. The fourth-order valence-corrected chi connectivity index (χ4v) is 5.77. The zero-order valence-corrected chi connectivity index (χ0v) is 14.8.